The number of fused-ring (bicyclic) bond motifs is 1. The number of aromatic amines is 1. The van der Waals surface area contributed by atoms with Gasteiger partial charge in [0.25, 0.3) is 5.56 Å². The quantitative estimate of drug-likeness (QED) is 0.619. The molecule has 0 aliphatic carbocycles. The van der Waals surface area contributed by atoms with Gasteiger partial charge >= 0.3 is 5.76 Å². The number of halogens is 1. The zero-order valence-corrected chi connectivity index (χ0v) is 16.5. The fourth-order valence-electron chi connectivity index (χ4n) is 2.81. The SMILES string of the molecule is CCCCOc1cc2cc(-c3noc(=O)[nH]3)ccc2c(=O)n1CC(C)C.Cl. The summed E-state index contributed by atoms with van der Waals surface area (Å²) < 4.78 is 12.1. The number of rotatable bonds is 7. The number of nitrogens with zero attached hydrogens (tertiary/aromatic N) is 2. The Morgan fingerprint density at radius 2 is 2.04 bits per heavy atom. The van der Waals surface area contributed by atoms with E-state index in [9.17, 15) is 9.59 Å². The van der Waals surface area contributed by atoms with Gasteiger partial charge in [-0.05, 0) is 29.9 Å². The Labute approximate surface area is 162 Å². The maximum Gasteiger partial charge on any atom is 0.439 e. The molecule has 2 aromatic heterocycles. The second-order valence-electron chi connectivity index (χ2n) is 6.74. The molecule has 7 nitrogen and oxygen atoms in total. The van der Waals surface area contributed by atoms with Crippen LogP contribution in [0.2, 0.25) is 0 Å². The lowest BCUT2D eigenvalue weighted by Crippen LogP contribution is -2.24. The monoisotopic (exact) mass is 393 g/mol. The van der Waals surface area contributed by atoms with Crippen LogP contribution in [0.15, 0.2) is 38.4 Å². The molecule has 0 aliphatic rings. The van der Waals surface area contributed by atoms with E-state index in [0.717, 1.165) is 18.2 Å². The van der Waals surface area contributed by atoms with Gasteiger partial charge in [0.1, 0.15) is 0 Å². The number of pyridine rings is 1. The second kappa shape index (κ2) is 8.90. The van der Waals surface area contributed by atoms with E-state index in [4.69, 9.17) is 4.74 Å². The fraction of sp³-hybridized carbons (Fsp3) is 0.421. The van der Waals surface area contributed by atoms with Crippen LogP contribution in [-0.4, -0.2) is 21.3 Å². The van der Waals surface area contributed by atoms with Crippen LogP contribution in [0.5, 0.6) is 5.88 Å². The first-order chi connectivity index (χ1) is 12.5. The van der Waals surface area contributed by atoms with Crippen molar-refractivity contribution in [3.05, 3.63) is 45.2 Å². The van der Waals surface area contributed by atoms with Crippen molar-refractivity contribution in [3.63, 3.8) is 0 Å². The Morgan fingerprint density at radius 3 is 2.67 bits per heavy atom. The van der Waals surface area contributed by atoms with Crippen molar-refractivity contribution in [1.82, 2.24) is 14.7 Å². The van der Waals surface area contributed by atoms with Crippen molar-refractivity contribution < 1.29 is 9.26 Å². The van der Waals surface area contributed by atoms with Crippen LogP contribution in [0.1, 0.15) is 33.6 Å². The molecule has 0 aliphatic heterocycles. The van der Waals surface area contributed by atoms with E-state index in [2.05, 4.69) is 35.4 Å². The molecule has 0 atom stereocenters. The number of aromatic nitrogens is 3. The van der Waals surface area contributed by atoms with Crippen LogP contribution in [-0.2, 0) is 6.54 Å². The molecule has 8 heteroatoms. The van der Waals surface area contributed by atoms with E-state index >= 15 is 0 Å². The smallest absolute Gasteiger partial charge is 0.439 e. The van der Waals surface area contributed by atoms with Gasteiger partial charge in [-0.2, -0.15) is 0 Å². The molecule has 3 aromatic rings. The Bertz CT molecular complexity index is 1020. The van der Waals surface area contributed by atoms with Crippen LogP contribution >= 0.6 is 12.4 Å². The lowest BCUT2D eigenvalue weighted by molar-refractivity contribution is 0.274. The standard InChI is InChI=1S/C19H23N3O4.ClH/c1-4-5-8-25-16-10-14-9-13(17-20-19(24)26-21-17)6-7-15(14)18(23)22(16)11-12(2)3;/h6-7,9-10,12H,4-5,8,11H2,1-3H3,(H,20,21,24);1H. The molecule has 0 radical (unpaired) electrons. The average molecular weight is 394 g/mol. The van der Waals surface area contributed by atoms with Crippen LogP contribution in [0.25, 0.3) is 22.2 Å². The van der Waals surface area contributed by atoms with Crippen LogP contribution in [0.4, 0.5) is 0 Å². The summed E-state index contributed by atoms with van der Waals surface area (Å²) in [6, 6.07) is 7.16. The molecule has 3 rings (SSSR count). The summed E-state index contributed by atoms with van der Waals surface area (Å²) in [5.74, 6) is 0.598. The van der Waals surface area contributed by atoms with Crippen molar-refractivity contribution in [2.75, 3.05) is 6.61 Å². The van der Waals surface area contributed by atoms with Crippen LogP contribution in [0, 0.1) is 5.92 Å². The van der Waals surface area contributed by atoms with Gasteiger partial charge in [-0.1, -0.05) is 38.4 Å². The molecule has 0 saturated heterocycles. The van der Waals surface area contributed by atoms with E-state index in [1.165, 1.54) is 0 Å². The Balaban J connectivity index is 0.00000261. The number of H-pyrrole nitrogens is 1. The van der Waals surface area contributed by atoms with Crippen molar-refractivity contribution in [1.29, 1.82) is 0 Å². The number of unbranched alkanes of at least 4 members (excludes halogenated alkanes) is 1. The first kappa shape index (κ1) is 20.8. The molecule has 146 valence electrons. The highest BCUT2D eigenvalue weighted by Gasteiger charge is 2.13. The fourth-order valence-corrected chi connectivity index (χ4v) is 2.81. The summed E-state index contributed by atoms with van der Waals surface area (Å²) in [6.07, 6.45) is 1.94. The molecule has 27 heavy (non-hydrogen) atoms. The molecule has 1 N–H and O–H groups in total. The lowest BCUT2D eigenvalue weighted by Gasteiger charge is -2.17. The molecule has 2 heterocycles. The average Bonchev–Trinajstić information content (AvgIpc) is 3.04. The summed E-state index contributed by atoms with van der Waals surface area (Å²) in [6.45, 7) is 7.38. The van der Waals surface area contributed by atoms with Gasteiger partial charge in [0.15, 0.2) is 11.7 Å². The van der Waals surface area contributed by atoms with E-state index in [1.807, 2.05) is 6.07 Å². The number of benzene rings is 1. The normalized spacial score (nSPS) is 11.0. The summed E-state index contributed by atoms with van der Waals surface area (Å²) in [4.78, 5) is 26.6. The van der Waals surface area contributed by atoms with Gasteiger partial charge < -0.3 is 4.74 Å². The Hall–Kier alpha value is -2.54. The highest BCUT2D eigenvalue weighted by atomic mass is 35.5. The Morgan fingerprint density at radius 1 is 1.26 bits per heavy atom. The summed E-state index contributed by atoms with van der Waals surface area (Å²) in [7, 11) is 0. The van der Waals surface area contributed by atoms with E-state index in [0.29, 0.717) is 41.7 Å². The molecular formula is C19H24ClN3O4. The van der Waals surface area contributed by atoms with Gasteiger partial charge in [-0.25, -0.2) is 4.79 Å². The summed E-state index contributed by atoms with van der Waals surface area (Å²) in [5, 5.41) is 5.04. The van der Waals surface area contributed by atoms with Crippen molar-refractivity contribution >= 4 is 23.2 Å². The third-order valence-electron chi connectivity index (χ3n) is 4.08. The Kier molecular flexibility index (Phi) is 6.85. The van der Waals surface area contributed by atoms with E-state index in [-0.39, 0.29) is 18.0 Å². The third-order valence-corrected chi connectivity index (χ3v) is 4.08. The molecule has 0 fully saturated rings. The molecule has 0 saturated carbocycles. The first-order valence-corrected chi connectivity index (χ1v) is 8.86. The molecule has 0 amide bonds. The number of hydrogen-bond acceptors (Lipinski definition) is 5. The minimum absolute atomic E-state index is 0. The largest absolute Gasteiger partial charge is 0.479 e. The maximum absolute atomic E-state index is 13.0. The van der Waals surface area contributed by atoms with Gasteiger partial charge in [0.05, 0.1) is 6.61 Å². The van der Waals surface area contributed by atoms with Crippen molar-refractivity contribution in [2.24, 2.45) is 5.92 Å². The summed E-state index contributed by atoms with van der Waals surface area (Å²) >= 11 is 0. The predicted molar refractivity (Wildman–Crippen MR) is 107 cm³/mol. The predicted octanol–water partition coefficient (Wildman–Crippen LogP) is 3.60. The molecular weight excluding hydrogens is 370 g/mol. The first-order valence-electron chi connectivity index (χ1n) is 8.86. The van der Waals surface area contributed by atoms with E-state index < -0.39 is 5.76 Å². The van der Waals surface area contributed by atoms with Gasteiger partial charge in [0, 0.05) is 23.6 Å². The van der Waals surface area contributed by atoms with Crippen LogP contribution < -0.4 is 16.1 Å². The zero-order chi connectivity index (χ0) is 18.7. The number of nitrogens with one attached hydrogen (secondary N) is 1. The third kappa shape index (κ3) is 4.60. The highest BCUT2D eigenvalue weighted by Crippen LogP contribution is 2.24. The minimum atomic E-state index is -0.615. The molecule has 1 aromatic carbocycles. The lowest BCUT2D eigenvalue weighted by atomic mass is 10.1. The van der Waals surface area contributed by atoms with Crippen molar-refractivity contribution in [2.45, 2.75) is 40.2 Å². The molecule has 0 unspecified atom stereocenters. The number of hydrogen-bond donors (Lipinski definition) is 1. The van der Waals surface area contributed by atoms with Gasteiger partial charge in [-0.15, -0.1) is 12.4 Å². The minimum Gasteiger partial charge on any atom is -0.479 e. The van der Waals surface area contributed by atoms with Crippen molar-refractivity contribution in [3.8, 4) is 17.3 Å². The molecule has 0 spiro atoms. The van der Waals surface area contributed by atoms with Gasteiger partial charge in [-0.3, -0.25) is 18.9 Å². The highest BCUT2D eigenvalue weighted by molar-refractivity contribution is 5.86. The second-order valence-corrected chi connectivity index (χ2v) is 6.74. The maximum atomic E-state index is 13.0. The van der Waals surface area contributed by atoms with Crippen LogP contribution in [0.3, 0.4) is 0 Å². The summed E-state index contributed by atoms with van der Waals surface area (Å²) in [5.41, 5.74) is 0.590. The zero-order valence-electron chi connectivity index (χ0n) is 15.7. The van der Waals surface area contributed by atoms with Gasteiger partial charge in [0.2, 0.25) is 0 Å². The number of ether oxygens (including phenoxy) is 1. The van der Waals surface area contributed by atoms with E-state index in [1.54, 1.807) is 22.8 Å². The topological polar surface area (TPSA) is 90.1 Å². The molecule has 0 bridgehead atoms.